The third-order valence-electron chi connectivity index (χ3n) is 2.37. The summed E-state index contributed by atoms with van der Waals surface area (Å²) in [5, 5.41) is 0.222. The molecule has 2 aromatic rings. The Hall–Kier alpha value is -0.450. The molecule has 0 spiro atoms. The number of halogens is 6. The van der Waals surface area contributed by atoms with Gasteiger partial charge in [-0.25, -0.2) is 9.37 Å². The van der Waals surface area contributed by atoms with Crippen molar-refractivity contribution in [1.82, 2.24) is 4.98 Å². The third kappa shape index (κ3) is 2.58. The lowest BCUT2D eigenvalue weighted by Gasteiger charge is -2.12. The van der Waals surface area contributed by atoms with Crippen molar-refractivity contribution in [2.45, 2.75) is 0 Å². The van der Waals surface area contributed by atoms with Gasteiger partial charge in [-0.2, -0.15) is 0 Å². The van der Waals surface area contributed by atoms with Gasteiger partial charge in [0.15, 0.2) is 11.6 Å². The zero-order valence-electron chi connectivity index (χ0n) is 8.95. The van der Waals surface area contributed by atoms with Gasteiger partial charge in [-0.1, -0.05) is 58.0 Å². The van der Waals surface area contributed by atoms with Crippen LogP contribution in [0.4, 0.5) is 10.2 Å². The number of nitrogens with zero attached hydrogens (tertiary/aromatic N) is 1. The second-order valence-corrected chi connectivity index (χ2v) is 5.43. The van der Waals surface area contributed by atoms with E-state index in [0.29, 0.717) is 5.56 Å². The van der Waals surface area contributed by atoms with Crippen LogP contribution in [0.2, 0.25) is 25.1 Å². The Kier molecular flexibility index (Phi) is 4.33. The fourth-order valence-electron chi connectivity index (χ4n) is 1.44. The molecule has 2 nitrogen and oxygen atoms in total. The topological polar surface area (TPSA) is 38.9 Å². The molecule has 0 aliphatic rings. The van der Waals surface area contributed by atoms with Crippen molar-refractivity contribution >= 4 is 63.8 Å². The van der Waals surface area contributed by atoms with Gasteiger partial charge in [-0.3, -0.25) is 0 Å². The predicted molar refractivity (Wildman–Crippen MR) is 79.1 cm³/mol. The minimum Gasteiger partial charge on any atom is -0.381 e. The molecule has 0 amide bonds. The molecule has 0 fully saturated rings. The van der Waals surface area contributed by atoms with Crippen LogP contribution in [-0.4, -0.2) is 4.98 Å². The molecule has 2 rings (SSSR count). The molecule has 0 aliphatic carbocycles. The molecule has 0 saturated carbocycles. The molecule has 0 atom stereocenters. The fourth-order valence-corrected chi connectivity index (χ4v) is 2.80. The lowest BCUT2D eigenvalue weighted by molar-refractivity contribution is 0.628. The predicted octanol–water partition coefficient (Wildman–Crippen LogP) is 5.74. The molecular weight excluding hydrogens is 356 g/mol. The first kappa shape index (κ1) is 14.9. The standard InChI is InChI=1S/C11H4Cl5FN2/c12-6-5(3-1-4(17)11(18)19-2-3)7(13)9(15)10(16)8(6)14/h1-2H,(H2,18,19). The summed E-state index contributed by atoms with van der Waals surface area (Å²) >= 11 is 29.9. The number of aromatic nitrogens is 1. The Morgan fingerprint density at radius 1 is 0.895 bits per heavy atom. The number of anilines is 1. The van der Waals surface area contributed by atoms with Crippen molar-refractivity contribution in [3.63, 3.8) is 0 Å². The second kappa shape index (κ2) is 5.51. The van der Waals surface area contributed by atoms with Crippen molar-refractivity contribution < 1.29 is 4.39 Å². The molecule has 100 valence electrons. The molecule has 2 N–H and O–H groups in total. The molecule has 0 aliphatic heterocycles. The average Bonchev–Trinajstić information content (AvgIpc) is 2.38. The van der Waals surface area contributed by atoms with Gasteiger partial charge in [0.25, 0.3) is 0 Å². The molecule has 1 aromatic heterocycles. The number of pyridine rings is 1. The highest BCUT2D eigenvalue weighted by Crippen LogP contribution is 2.48. The van der Waals surface area contributed by atoms with Gasteiger partial charge in [0.1, 0.15) is 0 Å². The molecule has 1 heterocycles. The van der Waals surface area contributed by atoms with E-state index >= 15 is 0 Å². The number of nitrogens with two attached hydrogens (primary N) is 1. The average molecular weight is 360 g/mol. The second-order valence-electron chi connectivity index (χ2n) is 3.54. The van der Waals surface area contributed by atoms with Gasteiger partial charge in [0.2, 0.25) is 0 Å². The first-order chi connectivity index (χ1) is 8.84. The van der Waals surface area contributed by atoms with Gasteiger partial charge in [0, 0.05) is 17.3 Å². The Bertz CT molecular complexity index is 646. The van der Waals surface area contributed by atoms with Gasteiger partial charge in [-0.15, -0.1) is 0 Å². The van der Waals surface area contributed by atoms with Crippen molar-refractivity contribution in [2.24, 2.45) is 0 Å². The maximum atomic E-state index is 13.4. The van der Waals surface area contributed by atoms with Gasteiger partial charge >= 0.3 is 0 Å². The van der Waals surface area contributed by atoms with E-state index in [9.17, 15) is 4.39 Å². The van der Waals surface area contributed by atoms with E-state index < -0.39 is 5.82 Å². The summed E-state index contributed by atoms with van der Waals surface area (Å²) in [5.41, 5.74) is 5.84. The Morgan fingerprint density at radius 2 is 1.37 bits per heavy atom. The quantitative estimate of drug-likeness (QED) is 0.520. The lowest BCUT2D eigenvalue weighted by Crippen LogP contribution is -1.96. The van der Waals surface area contributed by atoms with E-state index in [-0.39, 0.29) is 36.5 Å². The molecular formula is C11H4Cl5FN2. The highest BCUT2D eigenvalue weighted by Gasteiger charge is 2.21. The summed E-state index contributed by atoms with van der Waals surface area (Å²) in [4.78, 5) is 3.69. The molecule has 0 bridgehead atoms. The zero-order valence-corrected chi connectivity index (χ0v) is 12.7. The largest absolute Gasteiger partial charge is 0.381 e. The van der Waals surface area contributed by atoms with Crippen LogP contribution in [0.25, 0.3) is 11.1 Å². The zero-order chi connectivity index (χ0) is 14.3. The van der Waals surface area contributed by atoms with E-state index in [1.807, 2.05) is 0 Å². The fraction of sp³-hybridized carbons (Fsp3) is 0. The number of rotatable bonds is 1. The van der Waals surface area contributed by atoms with E-state index in [0.717, 1.165) is 6.07 Å². The van der Waals surface area contributed by atoms with Crippen LogP contribution in [0.1, 0.15) is 0 Å². The van der Waals surface area contributed by atoms with Crippen molar-refractivity contribution in [3.05, 3.63) is 43.2 Å². The number of hydrogen-bond donors (Lipinski definition) is 1. The van der Waals surface area contributed by atoms with E-state index in [1.54, 1.807) is 0 Å². The highest BCUT2D eigenvalue weighted by atomic mass is 35.5. The van der Waals surface area contributed by atoms with E-state index in [2.05, 4.69) is 4.98 Å². The van der Waals surface area contributed by atoms with Crippen LogP contribution in [0.5, 0.6) is 0 Å². The SMILES string of the molecule is Nc1ncc(-c2c(Cl)c(Cl)c(Cl)c(Cl)c2Cl)cc1F. The normalized spacial score (nSPS) is 10.8. The van der Waals surface area contributed by atoms with Gasteiger partial charge in [0.05, 0.1) is 25.1 Å². The Balaban J connectivity index is 2.79. The van der Waals surface area contributed by atoms with Crippen LogP contribution < -0.4 is 5.73 Å². The van der Waals surface area contributed by atoms with E-state index in [1.165, 1.54) is 6.20 Å². The van der Waals surface area contributed by atoms with Gasteiger partial charge in [-0.05, 0) is 6.07 Å². The number of hydrogen-bond acceptors (Lipinski definition) is 2. The smallest absolute Gasteiger partial charge is 0.165 e. The molecule has 8 heteroatoms. The van der Waals surface area contributed by atoms with Gasteiger partial charge < -0.3 is 5.73 Å². The number of nitrogen functional groups attached to an aromatic ring is 1. The molecule has 0 saturated heterocycles. The Morgan fingerprint density at radius 3 is 1.84 bits per heavy atom. The summed E-state index contributed by atoms with van der Waals surface area (Å²) in [7, 11) is 0. The summed E-state index contributed by atoms with van der Waals surface area (Å²) in [6.07, 6.45) is 1.31. The minimum absolute atomic E-state index is 0.0324. The van der Waals surface area contributed by atoms with Crippen LogP contribution >= 0.6 is 58.0 Å². The van der Waals surface area contributed by atoms with Crippen molar-refractivity contribution in [3.8, 4) is 11.1 Å². The highest BCUT2D eigenvalue weighted by molar-refractivity contribution is 6.56. The van der Waals surface area contributed by atoms with Crippen molar-refractivity contribution in [1.29, 1.82) is 0 Å². The Labute approximate surface area is 133 Å². The van der Waals surface area contributed by atoms with Crippen LogP contribution in [-0.2, 0) is 0 Å². The molecule has 19 heavy (non-hydrogen) atoms. The summed E-state index contributed by atoms with van der Waals surface area (Å²) < 4.78 is 13.4. The van der Waals surface area contributed by atoms with Crippen LogP contribution in [0.15, 0.2) is 12.3 Å². The summed E-state index contributed by atoms with van der Waals surface area (Å²) in [5.74, 6) is -0.936. The number of benzene rings is 1. The van der Waals surface area contributed by atoms with Crippen molar-refractivity contribution in [2.75, 3.05) is 5.73 Å². The lowest BCUT2D eigenvalue weighted by atomic mass is 10.1. The minimum atomic E-state index is -0.702. The monoisotopic (exact) mass is 358 g/mol. The molecule has 1 aromatic carbocycles. The summed E-state index contributed by atoms with van der Waals surface area (Å²) in [6, 6.07) is 1.13. The van der Waals surface area contributed by atoms with Crippen LogP contribution in [0.3, 0.4) is 0 Å². The van der Waals surface area contributed by atoms with E-state index in [4.69, 9.17) is 63.7 Å². The van der Waals surface area contributed by atoms with Crippen LogP contribution in [0, 0.1) is 5.82 Å². The first-order valence-corrected chi connectivity index (χ1v) is 6.66. The molecule has 0 radical (unpaired) electrons. The third-order valence-corrected chi connectivity index (χ3v) is 4.64. The maximum absolute atomic E-state index is 13.4. The first-order valence-electron chi connectivity index (χ1n) is 4.77. The maximum Gasteiger partial charge on any atom is 0.165 e. The summed E-state index contributed by atoms with van der Waals surface area (Å²) in [6.45, 7) is 0. The molecule has 0 unspecified atom stereocenters.